The van der Waals surface area contributed by atoms with E-state index in [9.17, 15) is 5.11 Å². The number of halogens is 2. The molecule has 2 N–H and O–H groups in total. The standard InChI is InChI=1S/C13H9Cl2NO2/c14-10-6-13(18)11(15)5-12(10)16-7-8-1-3-9(17)4-2-8/h1-7,17-18H. The lowest BCUT2D eigenvalue weighted by Crippen LogP contribution is -1.79. The summed E-state index contributed by atoms with van der Waals surface area (Å²) in [7, 11) is 0. The van der Waals surface area contributed by atoms with Crippen LogP contribution in [0, 0.1) is 0 Å². The van der Waals surface area contributed by atoms with E-state index in [4.69, 9.17) is 28.3 Å². The Bertz CT molecular complexity index is 595. The van der Waals surface area contributed by atoms with E-state index >= 15 is 0 Å². The van der Waals surface area contributed by atoms with Gasteiger partial charge in [0.15, 0.2) is 0 Å². The van der Waals surface area contributed by atoms with Crippen molar-refractivity contribution in [1.29, 1.82) is 0 Å². The molecule has 0 atom stereocenters. The fourth-order valence-electron chi connectivity index (χ4n) is 1.33. The Morgan fingerprint density at radius 3 is 2.28 bits per heavy atom. The zero-order valence-electron chi connectivity index (χ0n) is 9.14. The Kier molecular flexibility index (Phi) is 3.75. The highest BCUT2D eigenvalue weighted by atomic mass is 35.5. The maximum Gasteiger partial charge on any atom is 0.135 e. The van der Waals surface area contributed by atoms with Gasteiger partial charge in [-0.2, -0.15) is 0 Å². The van der Waals surface area contributed by atoms with Crippen molar-refractivity contribution in [2.45, 2.75) is 0 Å². The molecule has 2 aromatic rings. The number of nitrogens with zero attached hydrogens (tertiary/aromatic N) is 1. The molecule has 0 amide bonds. The van der Waals surface area contributed by atoms with Gasteiger partial charge in [0.1, 0.15) is 11.5 Å². The summed E-state index contributed by atoms with van der Waals surface area (Å²) in [6.45, 7) is 0. The lowest BCUT2D eigenvalue weighted by Gasteiger charge is -2.01. The molecule has 0 aromatic heterocycles. The zero-order valence-corrected chi connectivity index (χ0v) is 10.7. The van der Waals surface area contributed by atoms with Gasteiger partial charge in [0.05, 0.1) is 15.7 Å². The van der Waals surface area contributed by atoms with Crippen molar-refractivity contribution < 1.29 is 10.2 Å². The van der Waals surface area contributed by atoms with Crippen molar-refractivity contribution in [1.82, 2.24) is 0 Å². The normalized spacial score (nSPS) is 11.0. The van der Waals surface area contributed by atoms with Gasteiger partial charge >= 0.3 is 0 Å². The van der Waals surface area contributed by atoms with Crippen LogP contribution in [0.3, 0.4) is 0 Å². The van der Waals surface area contributed by atoms with E-state index in [0.29, 0.717) is 10.7 Å². The predicted octanol–water partition coefficient (Wildman–Crippen LogP) is 4.16. The van der Waals surface area contributed by atoms with Crippen LogP contribution in [0.2, 0.25) is 10.0 Å². The van der Waals surface area contributed by atoms with Crippen LogP contribution in [-0.4, -0.2) is 16.4 Å². The van der Waals surface area contributed by atoms with Crippen LogP contribution in [0.5, 0.6) is 11.5 Å². The predicted molar refractivity (Wildman–Crippen MR) is 73.5 cm³/mol. The number of rotatable bonds is 2. The lowest BCUT2D eigenvalue weighted by molar-refractivity contribution is 0.475. The zero-order chi connectivity index (χ0) is 13.1. The number of aromatic hydroxyl groups is 2. The first kappa shape index (κ1) is 12.7. The summed E-state index contributed by atoms with van der Waals surface area (Å²) >= 11 is 11.7. The van der Waals surface area contributed by atoms with Gasteiger partial charge in [0.25, 0.3) is 0 Å². The van der Waals surface area contributed by atoms with Crippen LogP contribution >= 0.6 is 23.2 Å². The molecular formula is C13H9Cl2NO2. The first-order valence-corrected chi connectivity index (χ1v) is 5.83. The Morgan fingerprint density at radius 1 is 0.944 bits per heavy atom. The molecule has 0 spiro atoms. The topological polar surface area (TPSA) is 52.8 Å². The largest absolute Gasteiger partial charge is 0.508 e. The molecule has 0 aliphatic carbocycles. The van der Waals surface area contributed by atoms with Crippen LogP contribution in [0.25, 0.3) is 0 Å². The van der Waals surface area contributed by atoms with E-state index < -0.39 is 0 Å². The van der Waals surface area contributed by atoms with Crippen LogP contribution < -0.4 is 0 Å². The third kappa shape index (κ3) is 2.94. The number of benzene rings is 2. The smallest absolute Gasteiger partial charge is 0.135 e. The Morgan fingerprint density at radius 2 is 1.61 bits per heavy atom. The summed E-state index contributed by atoms with van der Waals surface area (Å²) in [5.74, 6) is 0.114. The molecule has 3 nitrogen and oxygen atoms in total. The quantitative estimate of drug-likeness (QED) is 0.813. The van der Waals surface area contributed by atoms with Crippen molar-refractivity contribution in [2.24, 2.45) is 4.99 Å². The molecule has 2 rings (SSSR count). The van der Waals surface area contributed by atoms with Gasteiger partial charge in [0, 0.05) is 12.3 Å². The van der Waals surface area contributed by atoms with E-state index in [1.807, 2.05) is 0 Å². The van der Waals surface area contributed by atoms with Crippen LogP contribution in [0.15, 0.2) is 41.4 Å². The maximum atomic E-state index is 9.34. The third-order valence-corrected chi connectivity index (χ3v) is 2.87. The van der Waals surface area contributed by atoms with E-state index in [-0.39, 0.29) is 16.5 Å². The van der Waals surface area contributed by atoms with E-state index in [1.165, 1.54) is 12.1 Å². The van der Waals surface area contributed by atoms with Crippen molar-refractivity contribution in [3.05, 3.63) is 52.0 Å². The van der Waals surface area contributed by atoms with Gasteiger partial charge in [-0.05, 0) is 35.9 Å². The van der Waals surface area contributed by atoms with Crippen molar-refractivity contribution in [2.75, 3.05) is 0 Å². The van der Waals surface area contributed by atoms with Crippen LogP contribution in [-0.2, 0) is 0 Å². The third-order valence-electron chi connectivity index (χ3n) is 2.26. The molecule has 18 heavy (non-hydrogen) atoms. The van der Waals surface area contributed by atoms with Gasteiger partial charge in [-0.3, -0.25) is 4.99 Å². The van der Waals surface area contributed by atoms with Crippen LogP contribution in [0.4, 0.5) is 5.69 Å². The van der Waals surface area contributed by atoms with Gasteiger partial charge in [-0.1, -0.05) is 23.2 Å². The van der Waals surface area contributed by atoms with Gasteiger partial charge < -0.3 is 10.2 Å². The number of phenols is 2. The highest BCUT2D eigenvalue weighted by molar-refractivity contribution is 6.36. The van der Waals surface area contributed by atoms with Crippen molar-refractivity contribution in [3.8, 4) is 11.5 Å². The average molecular weight is 282 g/mol. The Hall–Kier alpha value is -1.71. The monoisotopic (exact) mass is 281 g/mol. The molecule has 0 radical (unpaired) electrons. The Labute approximate surface area is 114 Å². The molecule has 0 heterocycles. The molecule has 92 valence electrons. The molecule has 0 aliphatic rings. The Balaban J connectivity index is 2.28. The number of phenolic OH excluding ortho intramolecular Hbond substituents is 2. The highest BCUT2D eigenvalue weighted by Gasteiger charge is 2.04. The number of hydrogen-bond donors (Lipinski definition) is 2. The van der Waals surface area contributed by atoms with Crippen molar-refractivity contribution >= 4 is 35.1 Å². The number of hydrogen-bond acceptors (Lipinski definition) is 3. The summed E-state index contributed by atoms with van der Waals surface area (Å²) in [6, 6.07) is 9.38. The molecule has 0 saturated carbocycles. The minimum atomic E-state index is -0.0785. The molecule has 0 aliphatic heterocycles. The average Bonchev–Trinajstić information content (AvgIpc) is 2.34. The van der Waals surface area contributed by atoms with Crippen LogP contribution in [0.1, 0.15) is 5.56 Å². The minimum absolute atomic E-state index is 0.0785. The second-order valence-corrected chi connectivity index (χ2v) is 4.42. The lowest BCUT2D eigenvalue weighted by atomic mass is 10.2. The summed E-state index contributed by atoms with van der Waals surface area (Å²) in [5.41, 5.74) is 1.28. The summed E-state index contributed by atoms with van der Waals surface area (Å²) in [5, 5.41) is 19.0. The fourth-order valence-corrected chi connectivity index (χ4v) is 1.69. The fraction of sp³-hybridized carbons (Fsp3) is 0. The van der Waals surface area contributed by atoms with E-state index in [0.717, 1.165) is 5.56 Å². The molecule has 0 bridgehead atoms. The van der Waals surface area contributed by atoms with E-state index in [1.54, 1.807) is 30.5 Å². The molecule has 0 saturated heterocycles. The van der Waals surface area contributed by atoms with Gasteiger partial charge in [-0.15, -0.1) is 0 Å². The molecule has 0 fully saturated rings. The SMILES string of the molecule is Oc1ccc(C=Nc2cc(Cl)c(O)cc2Cl)cc1. The second-order valence-electron chi connectivity index (χ2n) is 3.60. The van der Waals surface area contributed by atoms with Gasteiger partial charge in [0.2, 0.25) is 0 Å². The summed E-state index contributed by atoms with van der Waals surface area (Å²) < 4.78 is 0. The molecule has 2 aromatic carbocycles. The minimum Gasteiger partial charge on any atom is -0.508 e. The summed E-state index contributed by atoms with van der Waals surface area (Å²) in [6.07, 6.45) is 1.59. The number of aliphatic imine (C=N–C) groups is 1. The van der Waals surface area contributed by atoms with Gasteiger partial charge in [-0.25, -0.2) is 0 Å². The van der Waals surface area contributed by atoms with E-state index in [2.05, 4.69) is 4.99 Å². The van der Waals surface area contributed by atoms with Crippen molar-refractivity contribution in [3.63, 3.8) is 0 Å². The highest BCUT2D eigenvalue weighted by Crippen LogP contribution is 2.34. The molecular weight excluding hydrogens is 273 g/mol. The first-order valence-electron chi connectivity index (χ1n) is 5.07. The second kappa shape index (κ2) is 5.29. The first-order chi connectivity index (χ1) is 8.56. The molecule has 0 unspecified atom stereocenters. The molecule has 5 heteroatoms. The maximum absolute atomic E-state index is 9.34. The summed E-state index contributed by atoms with van der Waals surface area (Å²) in [4.78, 5) is 4.17.